The standard InChI is InChI=1S/C19H39ClN2O4Si/c1-14(21-17(24)25-18(2,3)4)16(22-15(23)12-10-11-13-20)26-27(8,9)19(5,6)7/h14,16H,10-13H2,1-9H3,(H,21,24)(H,22,23). The maximum absolute atomic E-state index is 12.3. The van der Waals surface area contributed by atoms with Crippen LogP contribution in [0.4, 0.5) is 4.79 Å². The SMILES string of the molecule is CC(NC(=O)OC(C)(C)C)C(NC(=O)CCCCCl)O[Si](C)(C)C(C)(C)C. The first kappa shape index (κ1) is 26.2. The molecule has 0 aromatic rings. The number of carbonyl (C=O) groups excluding carboxylic acids is 2. The van der Waals surface area contributed by atoms with Crippen molar-refractivity contribution in [2.24, 2.45) is 0 Å². The summed E-state index contributed by atoms with van der Waals surface area (Å²) in [6, 6.07) is -0.439. The number of amides is 2. The van der Waals surface area contributed by atoms with Crippen LogP contribution in [0.5, 0.6) is 0 Å². The molecule has 0 aliphatic carbocycles. The van der Waals surface area contributed by atoms with Gasteiger partial charge >= 0.3 is 6.09 Å². The summed E-state index contributed by atoms with van der Waals surface area (Å²) in [6.45, 7) is 17.8. The number of unbranched alkanes of at least 4 members (excludes halogenated alkanes) is 1. The van der Waals surface area contributed by atoms with E-state index in [1.807, 2.05) is 0 Å². The third-order valence-corrected chi connectivity index (χ3v) is 9.24. The predicted molar refractivity (Wildman–Crippen MR) is 114 cm³/mol. The van der Waals surface area contributed by atoms with Gasteiger partial charge in [-0.25, -0.2) is 4.79 Å². The molecule has 2 N–H and O–H groups in total. The van der Waals surface area contributed by atoms with E-state index in [1.54, 1.807) is 27.7 Å². The lowest BCUT2D eigenvalue weighted by Gasteiger charge is -2.41. The fourth-order valence-electron chi connectivity index (χ4n) is 1.93. The van der Waals surface area contributed by atoms with Crippen molar-refractivity contribution in [1.82, 2.24) is 10.6 Å². The van der Waals surface area contributed by atoms with Crippen molar-refractivity contribution in [3.05, 3.63) is 0 Å². The first-order valence-corrected chi connectivity index (χ1v) is 13.1. The Morgan fingerprint density at radius 3 is 2.04 bits per heavy atom. The molecule has 0 heterocycles. The summed E-state index contributed by atoms with van der Waals surface area (Å²) < 4.78 is 11.7. The highest BCUT2D eigenvalue weighted by Gasteiger charge is 2.41. The zero-order chi connectivity index (χ0) is 21.5. The third kappa shape index (κ3) is 11.0. The fourth-order valence-corrected chi connectivity index (χ4v) is 3.37. The Balaban J connectivity index is 5.15. The van der Waals surface area contributed by atoms with Crippen molar-refractivity contribution in [3.8, 4) is 0 Å². The molecule has 0 aliphatic rings. The van der Waals surface area contributed by atoms with Gasteiger partial charge in [0, 0.05) is 12.3 Å². The summed E-state index contributed by atoms with van der Waals surface area (Å²) in [5, 5.41) is 5.69. The van der Waals surface area contributed by atoms with Gasteiger partial charge in [-0.15, -0.1) is 11.6 Å². The molecule has 160 valence electrons. The van der Waals surface area contributed by atoms with Crippen LogP contribution in [0.3, 0.4) is 0 Å². The molecule has 2 atom stereocenters. The second-order valence-electron chi connectivity index (χ2n) is 9.45. The molecule has 0 aromatic heterocycles. The summed E-state index contributed by atoms with van der Waals surface area (Å²) in [5.74, 6) is 0.426. The first-order valence-electron chi connectivity index (χ1n) is 9.62. The van der Waals surface area contributed by atoms with Gasteiger partial charge in [0.2, 0.25) is 5.91 Å². The van der Waals surface area contributed by atoms with Crippen LogP contribution < -0.4 is 10.6 Å². The molecule has 6 nitrogen and oxygen atoms in total. The number of alkyl carbamates (subject to hydrolysis) is 1. The van der Waals surface area contributed by atoms with Crippen molar-refractivity contribution in [2.75, 3.05) is 5.88 Å². The lowest BCUT2D eigenvalue weighted by Crippen LogP contribution is -2.57. The normalized spacial score (nSPS) is 15.0. The lowest BCUT2D eigenvalue weighted by atomic mass is 10.2. The van der Waals surface area contributed by atoms with Gasteiger partial charge in [0.05, 0.1) is 6.04 Å². The van der Waals surface area contributed by atoms with Crippen LogP contribution in [0, 0.1) is 0 Å². The van der Waals surface area contributed by atoms with Crippen molar-refractivity contribution >= 4 is 31.9 Å². The first-order chi connectivity index (χ1) is 12.1. The van der Waals surface area contributed by atoms with Crippen LogP contribution in [-0.2, 0) is 14.0 Å². The summed E-state index contributed by atoms with van der Waals surface area (Å²) in [6.07, 6.45) is 0.727. The number of hydrogen-bond donors (Lipinski definition) is 2. The average molecular weight is 423 g/mol. The number of halogens is 1. The van der Waals surface area contributed by atoms with Gasteiger partial charge in [0.15, 0.2) is 8.32 Å². The predicted octanol–water partition coefficient (Wildman–Crippen LogP) is 4.77. The molecule has 0 spiro atoms. The van der Waals surface area contributed by atoms with E-state index in [4.69, 9.17) is 20.8 Å². The minimum atomic E-state index is -2.16. The number of carbonyl (C=O) groups is 2. The van der Waals surface area contributed by atoms with Gasteiger partial charge in [-0.05, 0) is 58.7 Å². The van der Waals surface area contributed by atoms with Crippen molar-refractivity contribution in [2.45, 2.75) is 104 Å². The Labute approximate surface area is 171 Å². The number of ether oxygens (including phenoxy) is 1. The van der Waals surface area contributed by atoms with E-state index in [2.05, 4.69) is 44.5 Å². The Hall–Kier alpha value is -0.793. The molecule has 2 unspecified atom stereocenters. The molecule has 0 radical (unpaired) electrons. The van der Waals surface area contributed by atoms with Gasteiger partial charge in [0.25, 0.3) is 0 Å². The Morgan fingerprint density at radius 1 is 1.04 bits per heavy atom. The van der Waals surface area contributed by atoms with Gasteiger partial charge in [-0.3, -0.25) is 4.79 Å². The molecule has 0 rings (SSSR count). The van der Waals surface area contributed by atoms with E-state index in [1.165, 1.54) is 0 Å². The smallest absolute Gasteiger partial charge is 0.408 e. The van der Waals surface area contributed by atoms with Gasteiger partial charge in [-0.1, -0.05) is 20.8 Å². The van der Waals surface area contributed by atoms with Gasteiger partial charge < -0.3 is 19.8 Å². The van der Waals surface area contributed by atoms with Crippen LogP contribution in [-0.4, -0.2) is 44.1 Å². The second kappa shape index (κ2) is 10.7. The number of alkyl halides is 1. The lowest BCUT2D eigenvalue weighted by molar-refractivity contribution is -0.124. The maximum atomic E-state index is 12.3. The van der Waals surface area contributed by atoms with Crippen molar-refractivity contribution in [3.63, 3.8) is 0 Å². The summed E-state index contributed by atoms with van der Waals surface area (Å²) >= 11 is 5.68. The Kier molecular flexibility index (Phi) is 10.4. The largest absolute Gasteiger partial charge is 0.444 e. The number of hydrogen-bond acceptors (Lipinski definition) is 4. The highest BCUT2D eigenvalue weighted by atomic mass is 35.5. The van der Waals surface area contributed by atoms with Gasteiger partial charge in [-0.2, -0.15) is 0 Å². The highest BCUT2D eigenvalue weighted by Crippen LogP contribution is 2.37. The van der Waals surface area contributed by atoms with E-state index in [9.17, 15) is 9.59 Å². The summed E-state index contributed by atoms with van der Waals surface area (Å²) in [5.41, 5.74) is -0.593. The fraction of sp³-hybridized carbons (Fsp3) is 0.895. The van der Waals surface area contributed by atoms with Crippen LogP contribution in [0.15, 0.2) is 0 Å². The quantitative estimate of drug-likeness (QED) is 0.243. The van der Waals surface area contributed by atoms with Crippen molar-refractivity contribution < 1.29 is 18.8 Å². The molecular weight excluding hydrogens is 384 g/mol. The third-order valence-electron chi connectivity index (χ3n) is 4.52. The zero-order valence-corrected chi connectivity index (χ0v) is 20.3. The molecule has 0 saturated carbocycles. The molecule has 0 bridgehead atoms. The molecule has 2 amide bonds. The highest BCUT2D eigenvalue weighted by molar-refractivity contribution is 6.74. The molecule has 0 fully saturated rings. The van der Waals surface area contributed by atoms with E-state index < -0.39 is 32.3 Å². The van der Waals surface area contributed by atoms with E-state index in [-0.39, 0.29) is 10.9 Å². The molecule has 0 aromatic carbocycles. The number of rotatable bonds is 9. The van der Waals surface area contributed by atoms with Crippen molar-refractivity contribution in [1.29, 1.82) is 0 Å². The van der Waals surface area contributed by atoms with E-state index in [0.29, 0.717) is 12.3 Å². The van der Waals surface area contributed by atoms with Crippen LogP contribution in [0.1, 0.15) is 67.7 Å². The topological polar surface area (TPSA) is 76.7 Å². The Bertz CT molecular complexity index is 487. The minimum Gasteiger partial charge on any atom is -0.444 e. The van der Waals surface area contributed by atoms with Gasteiger partial charge in [0.1, 0.15) is 11.8 Å². The minimum absolute atomic E-state index is 0.0275. The second-order valence-corrected chi connectivity index (χ2v) is 14.6. The van der Waals surface area contributed by atoms with Crippen LogP contribution in [0.2, 0.25) is 18.1 Å². The molecule has 8 heteroatoms. The zero-order valence-electron chi connectivity index (χ0n) is 18.5. The molecular formula is C19H39ClN2O4Si. The summed E-state index contributed by atoms with van der Waals surface area (Å²) in [4.78, 5) is 24.4. The van der Waals surface area contributed by atoms with E-state index in [0.717, 1.165) is 12.8 Å². The monoisotopic (exact) mass is 422 g/mol. The molecule has 27 heavy (non-hydrogen) atoms. The molecule has 0 saturated heterocycles. The molecule has 0 aliphatic heterocycles. The summed E-state index contributed by atoms with van der Waals surface area (Å²) in [7, 11) is -2.16. The van der Waals surface area contributed by atoms with Crippen LogP contribution >= 0.6 is 11.6 Å². The van der Waals surface area contributed by atoms with E-state index >= 15 is 0 Å². The maximum Gasteiger partial charge on any atom is 0.408 e. The Morgan fingerprint density at radius 2 is 1.59 bits per heavy atom. The number of nitrogens with one attached hydrogen (secondary N) is 2. The van der Waals surface area contributed by atoms with Crippen LogP contribution in [0.25, 0.3) is 0 Å². The average Bonchev–Trinajstić information content (AvgIpc) is 2.43.